The SMILES string of the molecule is C1=CI=c2sncc2=C1. The standard InChI is InChI=1S/C6H4INS/c1-2-5-4-8-9-6(5)7-3-1/h1-4H. The van der Waals surface area contributed by atoms with Crippen molar-refractivity contribution in [2.24, 2.45) is 0 Å². The number of nitrogens with zero attached hydrogens (tertiary/aromatic N) is 1. The monoisotopic (exact) mass is 249 g/mol. The summed E-state index contributed by atoms with van der Waals surface area (Å²) in [4.78, 5) is 0. The first-order valence-corrected chi connectivity index (χ1v) is 5.64. The molecule has 46 valence electrons. The molecule has 1 aliphatic rings. The van der Waals surface area contributed by atoms with E-state index in [-0.39, 0.29) is 20.7 Å². The van der Waals surface area contributed by atoms with Gasteiger partial charge in [-0.05, 0) is 15.6 Å². The lowest BCUT2D eigenvalue weighted by Gasteiger charge is -1.79. The molecule has 1 aromatic rings. The molecule has 0 amide bonds. The molecule has 0 bridgehead atoms. The summed E-state index contributed by atoms with van der Waals surface area (Å²) in [5.74, 6) is 0. The third kappa shape index (κ3) is 0.986. The zero-order valence-electron chi connectivity index (χ0n) is 4.54. The summed E-state index contributed by atoms with van der Waals surface area (Å²) < 4.78 is 7.86. The van der Waals surface area contributed by atoms with E-state index in [1.807, 2.05) is 6.20 Å². The van der Waals surface area contributed by atoms with Crippen molar-refractivity contribution in [2.45, 2.75) is 0 Å². The van der Waals surface area contributed by atoms with Gasteiger partial charge in [-0.2, -0.15) is 4.37 Å². The van der Waals surface area contributed by atoms with E-state index in [1.165, 1.54) is 7.69 Å². The lowest BCUT2D eigenvalue weighted by molar-refractivity contribution is 1.54. The van der Waals surface area contributed by atoms with Gasteiger partial charge in [0.05, 0.1) is 2.47 Å². The largest absolute Gasteiger partial charge is 0.199 e. The van der Waals surface area contributed by atoms with Crippen LogP contribution in [-0.4, -0.2) is 4.37 Å². The van der Waals surface area contributed by atoms with Gasteiger partial charge in [-0.1, -0.05) is 32.9 Å². The molecule has 1 nitrogen and oxygen atoms in total. The van der Waals surface area contributed by atoms with Crippen LogP contribution in [0.3, 0.4) is 0 Å². The highest BCUT2D eigenvalue weighted by Gasteiger charge is 1.88. The minimum Gasteiger partial charge on any atom is -0.199 e. The van der Waals surface area contributed by atoms with Crippen molar-refractivity contribution in [1.82, 2.24) is 4.37 Å². The molecular formula is C6H4INS. The van der Waals surface area contributed by atoms with Crippen molar-refractivity contribution in [2.75, 3.05) is 0 Å². The van der Waals surface area contributed by atoms with Gasteiger partial charge in [0.15, 0.2) is 0 Å². The van der Waals surface area contributed by atoms with Gasteiger partial charge in [0.2, 0.25) is 0 Å². The Morgan fingerprint density at radius 2 is 2.56 bits per heavy atom. The molecule has 0 radical (unpaired) electrons. The van der Waals surface area contributed by atoms with E-state index in [2.05, 4.69) is 20.6 Å². The van der Waals surface area contributed by atoms with Gasteiger partial charge in [-0.15, -0.1) is 0 Å². The average Bonchev–Trinajstić information content (AvgIpc) is 2.33. The van der Waals surface area contributed by atoms with Crippen molar-refractivity contribution in [1.29, 1.82) is 0 Å². The van der Waals surface area contributed by atoms with Crippen molar-refractivity contribution in [3.63, 3.8) is 0 Å². The highest BCUT2D eigenvalue weighted by Crippen LogP contribution is 2.10. The number of rotatable bonds is 0. The van der Waals surface area contributed by atoms with E-state index >= 15 is 0 Å². The maximum absolute atomic E-state index is 4.10. The third-order valence-electron chi connectivity index (χ3n) is 1.06. The number of hydrogen-bond donors (Lipinski definition) is 0. The second-order valence-corrected chi connectivity index (χ2v) is 5.60. The van der Waals surface area contributed by atoms with Gasteiger partial charge in [-0.3, -0.25) is 0 Å². The van der Waals surface area contributed by atoms with Gasteiger partial charge in [0.25, 0.3) is 0 Å². The molecule has 9 heavy (non-hydrogen) atoms. The Morgan fingerprint density at radius 3 is 3.44 bits per heavy atom. The van der Waals surface area contributed by atoms with E-state index < -0.39 is 0 Å². The Balaban J connectivity index is 2.99. The quantitative estimate of drug-likeness (QED) is 0.637. The maximum Gasteiger partial charge on any atom is 0.0878 e. The maximum atomic E-state index is 4.10. The van der Waals surface area contributed by atoms with Crippen molar-refractivity contribution in [3.8, 4) is 0 Å². The molecule has 0 unspecified atom stereocenters. The fourth-order valence-corrected chi connectivity index (χ4v) is 3.63. The van der Waals surface area contributed by atoms with Crippen LogP contribution >= 0.6 is 32.3 Å². The number of allylic oxidation sites excluding steroid dienone is 1. The summed E-state index contributed by atoms with van der Waals surface area (Å²) in [6.45, 7) is 0. The molecule has 0 saturated carbocycles. The topological polar surface area (TPSA) is 12.9 Å². The molecule has 0 aliphatic carbocycles. The Bertz CT molecular complexity index is 317. The Hall–Kier alpha value is -0.0300. The van der Waals surface area contributed by atoms with Crippen LogP contribution in [0.5, 0.6) is 0 Å². The van der Waals surface area contributed by atoms with Crippen LogP contribution in [0.4, 0.5) is 0 Å². The zero-order valence-corrected chi connectivity index (χ0v) is 7.52. The molecule has 1 aliphatic heterocycles. The van der Waals surface area contributed by atoms with E-state index in [9.17, 15) is 0 Å². The molecular weight excluding hydrogens is 245 g/mol. The summed E-state index contributed by atoms with van der Waals surface area (Å²) >= 11 is 1.82. The van der Waals surface area contributed by atoms with Gasteiger partial charge in [0, 0.05) is 11.4 Å². The van der Waals surface area contributed by atoms with Crippen LogP contribution < -0.4 is 5.22 Å². The lowest BCUT2D eigenvalue weighted by atomic mass is 10.4. The van der Waals surface area contributed by atoms with Crippen molar-refractivity contribution in [3.05, 3.63) is 24.0 Å². The van der Waals surface area contributed by atoms with Crippen LogP contribution in [-0.2, 0) is 0 Å². The first-order valence-electron chi connectivity index (χ1n) is 2.55. The van der Waals surface area contributed by atoms with E-state index in [0.29, 0.717) is 0 Å². The average molecular weight is 249 g/mol. The van der Waals surface area contributed by atoms with Crippen molar-refractivity contribution < 1.29 is 0 Å². The van der Waals surface area contributed by atoms with Crippen LogP contribution in [0.25, 0.3) is 6.08 Å². The van der Waals surface area contributed by atoms with Gasteiger partial charge < -0.3 is 0 Å². The minimum atomic E-state index is 0.177. The summed E-state index contributed by atoms with van der Waals surface area (Å²) in [6.07, 6.45) is 6.20. The number of fused-ring (bicyclic) bond motifs is 1. The number of aromatic nitrogens is 1. The Kier molecular flexibility index (Phi) is 1.47. The van der Waals surface area contributed by atoms with Gasteiger partial charge in [0.1, 0.15) is 0 Å². The van der Waals surface area contributed by atoms with Crippen LogP contribution in [0.15, 0.2) is 16.4 Å². The van der Waals surface area contributed by atoms with E-state index in [1.54, 1.807) is 11.5 Å². The third-order valence-corrected chi connectivity index (χ3v) is 4.82. The summed E-state index contributed by atoms with van der Waals surface area (Å²) in [5.41, 5.74) is 0. The molecule has 1 aromatic heterocycles. The lowest BCUT2D eigenvalue weighted by Crippen LogP contribution is -1.93. The second kappa shape index (κ2) is 2.30. The Labute approximate surface area is 66.6 Å². The van der Waals surface area contributed by atoms with Gasteiger partial charge >= 0.3 is 0 Å². The predicted octanol–water partition coefficient (Wildman–Crippen LogP) is 1.67. The summed E-state index contributed by atoms with van der Waals surface area (Å²) in [7, 11) is 0. The fraction of sp³-hybridized carbons (Fsp3) is 0. The molecule has 0 fully saturated rings. The van der Waals surface area contributed by atoms with Crippen LogP contribution in [0.1, 0.15) is 0 Å². The molecule has 0 spiro atoms. The van der Waals surface area contributed by atoms with Crippen molar-refractivity contribution >= 4 is 38.3 Å². The molecule has 3 heteroatoms. The highest BCUT2D eigenvalue weighted by molar-refractivity contribution is 14.2. The molecule has 2 rings (SSSR count). The summed E-state index contributed by atoms with van der Waals surface area (Å²) in [5, 5.41) is 1.34. The zero-order chi connectivity index (χ0) is 6.10. The fourth-order valence-electron chi connectivity index (χ4n) is 0.658. The molecule has 0 aromatic carbocycles. The summed E-state index contributed by atoms with van der Waals surface area (Å²) in [6, 6.07) is 0. The number of hydrogen-bond acceptors (Lipinski definition) is 2. The van der Waals surface area contributed by atoms with Crippen LogP contribution in [0.2, 0.25) is 0 Å². The first kappa shape index (κ1) is 5.73. The molecule has 0 atom stereocenters. The number of halogens is 1. The van der Waals surface area contributed by atoms with Crippen LogP contribution in [0, 0.1) is 2.47 Å². The van der Waals surface area contributed by atoms with E-state index in [4.69, 9.17) is 0 Å². The molecule has 2 heterocycles. The highest BCUT2D eigenvalue weighted by atomic mass is 127. The van der Waals surface area contributed by atoms with E-state index in [0.717, 1.165) is 0 Å². The Morgan fingerprint density at radius 1 is 1.56 bits per heavy atom. The smallest absolute Gasteiger partial charge is 0.0878 e. The minimum absolute atomic E-state index is 0.177. The molecule has 0 saturated heterocycles. The first-order chi connectivity index (χ1) is 4.47. The normalized spacial score (nSPS) is 14.7. The second-order valence-electron chi connectivity index (χ2n) is 1.65. The predicted molar refractivity (Wildman–Crippen MR) is 48.2 cm³/mol. The molecule has 0 N–H and O–H groups in total. The van der Waals surface area contributed by atoms with Gasteiger partial charge in [-0.25, -0.2) is 0 Å².